The highest BCUT2D eigenvalue weighted by Crippen LogP contribution is 2.30. The molecule has 1 aliphatic heterocycles. The van der Waals surface area contributed by atoms with Crippen LogP contribution >= 0.6 is 0 Å². The maximum absolute atomic E-state index is 12.0. The molecule has 7 nitrogen and oxygen atoms in total. The van der Waals surface area contributed by atoms with Crippen molar-refractivity contribution in [3.63, 3.8) is 0 Å². The molecule has 0 radical (unpaired) electrons. The molecule has 1 saturated carbocycles. The van der Waals surface area contributed by atoms with E-state index in [2.05, 4.69) is 22.5 Å². The van der Waals surface area contributed by atoms with Crippen LogP contribution in [0.5, 0.6) is 0 Å². The minimum atomic E-state index is -0.670. The van der Waals surface area contributed by atoms with Crippen molar-refractivity contribution >= 4 is 18.0 Å². The third-order valence-corrected chi connectivity index (χ3v) is 3.96. The first-order valence-electron chi connectivity index (χ1n) is 8.24. The van der Waals surface area contributed by atoms with Gasteiger partial charge in [-0.05, 0) is 57.3 Å². The number of hydrogen-bond acceptors (Lipinski definition) is 4. The highest BCUT2D eigenvalue weighted by atomic mass is 16.6. The van der Waals surface area contributed by atoms with Gasteiger partial charge in [0.05, 0.1) is 6.04 Å². The SMILES string of the molecule is C=C1CCC(NC(=O)OC(C)(C)C)/C1=C/C=C(\C)C1NC(=O)NC1=O. The van der Waals surface area contributed by atoms with E-state index in [1.165, 1.54) is 0 Å². The average molecular weight is 347 g/mol. The lowest BCUT2D eigenvalue weighted by Gasteiger charge is -2.22. The Morgan fingerprint density at radius 3 is 2.60 bits per heavy atom. The summed E-state index contributed by atoms with van der Waals surface area (Å²) in [6.45, 7) is 11.2. The van der Waals surface area contributed by atoms with Crippen LogP contribution in [0, 0.1) is 0 Å². The molecule has 2 atom stereocenters. The van der Waals surface area contributed by atoms with Gasteiger partial charge in [0.1, 0.15) is 11.6 Å². The molecule has 25 heavy (non-hydrogen) atoms. The second-order valence-electron chi connectivity index (χ2n) is 7.27. The van der Waals surface area contributed by atoms with Gasteiger partial charge in [-0.15, -0.1) is 0 Å². The van der Waals surface area contributed by atoms with Crippen molar-refractivity contribution in [2.24, 2.45) is 0 Å². The first-order chi connectivity index (χ1) is 11.6. The van der Waals surface area contributed by atoms with E-state index in [1.54, 1.807) is 13.0 Å². The van der Waals surface area contributed by atoms with Crippen LogP contribution in [-0.4, -0.2) is 35.7 Å². The van der Waals surface area contributed by atoms with Crippen LogP contribution in [-0.2, 0) is 9.53 Å². The predicted octanol–water partition coefficient (Wildman–Crippen LogP) is 2.31. The normalized spacial score (nSPS) is 25.8. The number of imide groups is 1. The molecule has 2 rings (SSSR count). The third kappa shape index (κ3) is 4.95. The number of ether oxygens (including phenoxy) is 1. The second kappa shape index (κ2) is 7.13. The van der Waals surface area contributed by atoms with Crippen molar-refractivity contribution in [1.29, 1.82) is 0 Å². The van der Waals surface area contributed by atoms with E-state index in [1.807, 2.05) is 26.8 Å². The maximum atomic E-state index is 12.0. The zero-order valence-electron chi connectivity index (χ0n) is 15.1. The first kappa shape index (κ1) is 18.8. The number of amides is 4. The summed E-state index contributed by atoms with van der Waals surface area (Å²) in [6, 6.07) is -1.35. The summed E-state index contributed by atoms with van der Waals surface area (Å²) in [5, 5.41) is 7.61. The van der Waals surface area contributed by atoms with Crippen LogP contribution < -0.4 is 16.0 Å². The molecule has 136 valence electrons. The Kier molecular flexibility index (Phi) is 5.35. The molecule has 0 bridgehead atoms. The Labute approximate surface area is 147 Å². The number of hydrogen-bond donors (Lipinski definition) is 3. The summed E-state index contributed by atoms with van der Waals surface area (Å²) < 4.78 is 5.29. The fourth-order valence-corrected chi connectivity index (χ4v) is 2.75. The van der Waals surface area contributed by atoms with Crippen molar-refractivity contribution in [2.75, 3.05) is 0 Å². The molecule has 1 heterocycles. The quantitative estimate of drug-likeness (QED) is 0.683. The molecule has 4 amide bonds. The van der Waals surface area contributed by atoms with Gasteiger partial charge in [0.2, 0.25) is 0 Å². The van der Waals surface area contributed by atoms with Gasteiger partial charge in [0.25, 0.3) is 5.91 Å². The van der Waals surface area contributed by atoms with Gasteiger partial charge >= 0.3 is 12.1 Å². The second-order valence-corrected chi connectivity index (χ2v) is 7.27. The zero-order valence-corrected chi connectivity index (χ0v) is 15.1. The van der Waals surface area contributed by atoms with Gasteiger partial charge in [0.15, 0.2) is 0 Å². The van der Waals surface area contributed by atoms with Gasteiger partial charge in [-0.2, -0.15) is 0 Å². The lowest BCUT2D eigenvalue weighted by Crippen LogP contribution is -2.38. The smallest absolute Gasteiger partial charge is 0.408 e. The van der Waals surface area contributed by atoms with Gasteiger partial charge in [-0.25, -0.2) is 9.59 Å². The molecule has 2 fully saturated rings. The van der Waals surface area contributed by atoms with E-state index >= 15 is 0 Å². The minimum absolute atomic E-state index is 0.182. The lowest BCUT2D eigenvalue weighted by atomic mass is 10.0. The molecule has 3 N–H and O–H groups in total. The van der Waals surface area contributed by atoms with Crippen LogP contribution in [0.3, 0.4) is 0 Å². The summed E-state index contributed by atoms with van der Waals surface area (Å²) in [5.41, 5.74) is 1.97. The Balaban J connectivity index is 2.09. The number of rotatable bonds is 3. The summed E-state index contributed by atoms with van der Waals surface area (Å²) in [4.78, 5) is 34.9. The van der Waals surface area contributed by atoms with E-state index in [9.17, 15) is 14.4 Å². The Morgan fingerprint density at radius 1 is 1.36 bits per heavy atom. The summed E-state index contributed by atoms with van der Waals surface area (Å²) >= 11 is 0. The average Bonchev–Trinajstić information content (AvgIpc) is 2.97. The van der Waals surface area contributed by atoms with Crippen LogP contribution in [0.4, 0.5) is 9.59 Å². The fourth-order valence-electron chi connectivity index (χ4n) is 2.75. The number of urea groups is 1. The Bertz CT molecular complexity index is 670. The van der Waals surface area contributed by atoms with E-state index in [4.69, 9.17) is 4.74 Å². The molecule has 2 aliphatic rings. The molecule has 0 spiro atoms. The van der Waals surface area contributed by atoms with Crippen molar-refractivity contribution in [1.82, 2.24) is 16.0 Å². The molecule has 0 aromatic rings. The lowest BCUT2D eigenvalue weighted by molar-refractivity contribution is -0.119. The molecule has 1 saturated heterocycles. The highest BCUT2D eigenvalue weighted by Gasteiger charge is 2.31. The number of allylic oxidation sites excluding steroid dienone is 2. The van der Waals surface area contributed by atoms with Crippen LogP contribution in [0.1, 0.15) is 40.5 Å². The summed E-state index contributed by atoms with van der Waals surface area (Å²) in [7, 11) is 0. The third-order valence-electron chi connectivity index (χ3n) is 3.96. The molecular formula is C18H25N3O4. The van der Waals surface area contributed by atoms with E-state index in [-0.39, 0.29) is 11.9 Å². The van der Waals surface area contributed by atoms with Crippen molar-refractivity contribution in [3.8, 4) is 0 Å². The van der Waals surface area contributed by atoms with Gasteiger partial charge in [-0.1, -0.05) is 18.7 Å². The van der Waals surface area contributed by atoms with Gasteiger partial charge in [-0.3, -0.25) is 10.1 Å². The topological polar surface area (TPSA) is 96.5 Å². The van der Waals surface area contributed by atoms with Crippen LogP contribution in [0.25, 0.3) is 0 Å². The molecule has 1 aliphatic carbocycles. The largest absolute Gasteiger partial charge is 0.444 e. The standard InChI is InChI=1S/C18H25N3O4/c1-10-7-9-13(19-17(24)25-18(3,4)5)12(10)8-6-11(2)14-15(22)21-16(23)20-14/h6,8,13-14H,1,7,9H2,2-5H3,(H,19,24)(H2,20,21,22,23)/b11-6+,12-8+. The summed E-state index contributed by atoms with van der Waals surface area (Å²) in [6.07, 6.45) is 4.66. The van der Waals surface area contributed by atoms with Crippen LogP contribution in [0.15, 0.2) is 35.5 Å². The predicted molar refractivity (Wildman–Crippen MR) is 93.8 cm³/mol. The van der Waals surface area contributed by atoms with Gasteiger partial charge < -0.3 is 15.4 Å². The number of carbonyl (C=O) groups excluding carboxylic acids is 3. The Morgan fingerprint density at radius 2 is 2.04 bits per heavy atom. The molecule has 0 aromatic carbocycles. The zero-order chi connectivity index (χ0) is 18.8. The van der Waals surface area contributed by atoms with E-state index in [0.717, 1.165) is 24.0 Å². The van der Waals surface area contributed by atoms with E-state index in [0.29, 0.717) is 5.57 Å². The van der Waals surface area contributed by atoms with Crippen molar-refractivity contribution in [3.05, 3.63) is 35.5 Å². The molecule has 0 aromatic heterocycles. The number of alkyl carbamates (subject to hydrolysis) is 1. The number of nitrogens with one attached hydrogen (secondary N) is 3. The van der Waals surface area contributed by atoms with Crippen molar-refractivity contribution in [2.45, 2.75) is 58.2 Å². The maximum Gasteiger partial charge on any atom is 0.408 e. The fraction of sp³-hybridized carbons (Fsp3) is 0.500. The first-order valence-corrected chi connectivity index (χ1v) is 8.24. The Hall–Kier alpha value is -2.57. The van der Waals surface area contributed by atoms with E-state index < -0.39 is 23.8 Å². The molecule has 7 heteroatoms. The van der Waals surface area contributed by atoms with Crippen LogP contribution in [0.2, 0.25) is 0 Å². The highest BCUT2D eigenvalue weighted by molar-refractivity contribution is 6.05. The molecular weight excluding hydrogens is 322 g/mol. The summed E-state index contributed by atoms with van der Waals surface area (Å²) in [5.74, 6) is -0.370. The number of carbonyl (C=O) groups is 3. The molecule has 2 unspecified atom stereocenters. The monoisotopic (exact) mass is 347 g/mol. The van der Waals surface area contributed by atoms with Gasteiger partial charge in [0, 0.05) is 0 Å². The van der Waals surface area contributed by atoms with Crippen molar-refractivity contribution < 1.29 is 19.1 Å². The minimum Gasteiger partial charge on any atom is -0.444 e.